The predicted molar refractivity (Wildman–Crippen MR) is 515 cm³/mol. The molecule has 9 aliphatic rings. The fourth-order valence-corrected chi connectivity index (χ4v) is 17.4. The standard InChI is InChI=1S/C41H60O10.C35H50O9.C32H46O7/c1-27(2)21-34(44)29(4)25-48-40(47)33(43)18-13-14-19-37-41(6,26-42)38-24-32(50-37)17-10-7-9-15-28(3)22-36-30(5)35(45)23-31(49-36)16-11-8-12-20-39(46)51-38;1-5-41-34(40)28(37)17-12-13-18-31-35(4,23-36)32-22-27(43-31)16-9-6-8-14-24(2)20-30-25(3)29(38)21-26(42-30)15-10-7-11-19-33(39)44-32;1-23-13-7-4-8-15-26-21-30(32(3,22-34)29(38-26)16-10-6-12-18-33)39-31(36)17-11-5-9-14-25-20-27(35)24(2)28(19-23)37-25/h8-15,17,20,22,27,30-38,42-45H,4,7,16,18-19,21,23-26H2,1-3,5-6H3;7-14,16,19-20,25-32,36-38H,5-6,15,17-18,21-23H2,1-4H3;5-11,13,15,17,19,24-30,33-35H,4,12,14,16,18,20-22H2,1-3H3/b11-8+,14-13-,15-9+,17-10+,20-12+,28-22-;10-7+,13-12-,14-8+,16-9+,19-11+,24-20-;9-5+,10-6-,13-7+,15-8+,17-11+,23-19-/t30-,31+,32-,33?,34?,35+,36-,37+,38-,41+;25-,26+,27-,28?,29+,30-,31+,32-,35+;24-,25+,26-,27+,28-,29+,30-,32+/m111/s1. The van der Waals surface area contributed by atoms with E-state index in [4.69, 9.17) is 57.2 Å². The van der Waals surface area contributed by atoms with Gasteiger partial charge in [-0.3, -0.25) is 0 Å². The molecular weight excluding hydrogens is 1710 g/mol. The Morgan fingerprint density at radius 3 is 1.09 bits per heavy atom. The Bertz CT molecular complexity index is 4240. The lowest BCUT2D eigenvalue weighted by Gasteiger charge is -2.47. The normalized spacial score (nSPS) is 38.1. The first-order valence-electron chi connectivity index (χ1n) is 48.1. The number of carbonyl (C=O) groups excluding carboxylic acids is 5. The molecule has 10 N–H and O–H groups in total. The number of hydrogen-bond donors (Lipinski definition) is 10. The van der Waals surface area contributed by atoms with Crippen LogP contribution in [-0.4, -0.2) is 249 Å². The number of aliphatic hydroxyl groups is 10. The molecule has 0 aliphatic carbocycles. The van der Waals surface area contributed by atoms with E-state index in [2.05, 4.69) is 37.0 Å². The highest BCUT2D eigenvalue weighted by Crippen LogP contribution is 2.45. The van der Waals surface area contributed by atoms with Crippen LogP contribution in [0.3, 0.4) is 0 Å². The van der Waals surface area contributed by atoms with Crippen molar-refractivity contribution in [1.29, 1.82) is 0 Å². The van der Waals surface area contributed by atoms with E-state index in [0.29, 0.717) is 115 Å². The minimum atomic E-state index is -1.40. The Morgan fingerprint density at radius 2 is 0.776 bits per heavy atom. The van der Waals surface area contributed by atoms with Gasteiger partial charge in [0.2, 0.25) is 0 Å². The van der Waals surface area contributed by atoms with Crippen LogP contribution in [0.4, 0.5) is 0 Å². The largest absolute Gasteiger partial charge is 0.464 e. The SMILES string of the molecule is C=C(COC(=O)C(O)C/C=C\C[C@@H]1O[C@@H]2/C=C/C/C=C/C(C)=C\[C@H]3O[C@@H](C/C=C/C=C/C(=O)O[C@H](C2)[C@@]1(C)CO)C[C@H](O)[C@H]3C)C(O)CC(C)C.CC1=C/[C@H]2O[C@@H](C/C=C/C=C/C(=O)O[C@@H]3C[C@@H](/C=C/C\C=C\1)O[C@@H](C/C=C\CCO)[C@]3(C)CO)C[C@H](O)[C@H]2C.CCOC(=O)C(O)C/C=C\C[C@@H]1O[C@@H]2/C=C/C/C=C/C(C)=C\[C@H]3O[C@@H](C/C=C/C=C/C(=O)O[C@H](C2)[C@@]1(C)CO)C[C@H](O)[C@H]3C. The van der Waals surface area contributed by atoms with Crippen molar-refractivity contribution < 1.29 is 127 Å². The predicted octanol–water partition coefficient (Wildman–Crippen LogP) is 14.3. The van der Waals surface area contributed by atoms with Gasteiger partial charge in [0.25, 0.3) is 0 Å². The maximum Gasteiger partial charge on any atom is 0.335 e. The summed E-state index contributed by atoms with van der Waals surface area (Å²) < 4.78 is 65.8. The Morgan fingerprint density at radius 1 is 0.448 bits per heavy atom. The van der Waals surface area contributed by atoms with Crippen LogP contribution in [0.1, 0.15) is 205 Å². The van der Waals surface area contributed by atoms with E-state index in [1.54, 1.807) is 67.7 Å². The van der Waals surface area contributed by atoms with Crippen molar-refractivity contribution in [1.82, 2.24) is 0 Å². The Labute approximate surface area is 795 Å². The number of allylic oxidation sites excluding steroid dienone is 18. The molecule has 134 heavy (non-hydrogen) atoms. The topological polar surface area (TPSA) is 389 Å². The van der Waals surface area contributed by atoms with Gasteiger partial charge in [-0.25, -0.2) is 24.0 Å². The lowest BCUT2D eigenvalue weighted by Crippen LogP contribution is -2.55. The summed E-state index contributed by atoms with van der Waals surface area (Å²) in [6, 6.07) is 0. The average Bonchev–Trinajstić information content (AvgIpc) is 0.768. The van der Waals surface area contributed by atoms with Crippen molar-refractivity contribution in [3.05, 3.63) is 229 Å². The molecule has 9 aliphatic heterocycles. The van der Waals surface area contributed by atoms with E-state index in [9.17, 15) is 69.9 Å². The lowest BCUT2D eigenvalue weighted by atomic mass is 9.73. The minimum Gasteiger partial charge on any atom is -0.464 e. The molecule has 0 aromatic rings. The van der Waals surface area contributed by atoms with Crippen molar-refractivity contribution in [2.45, 2.75) is 333 Å². The summed E-state index contributed by atoms with van der Waals surface area (Å²) in [6.45, 7) is 26.4. The van der Waals surface area contributed by atoms with Crippen molar-refractivity contribution in [2.75, 3.05) is 39.6 Å². The zero-order chi connectivity index (χ0) is 97.9. The van der Waals surface area contributed by atoms with Gasteiger partial charge in [-0.05, 0) is 110 Å². The zero-order valence-corrected chi connectivity index (χ0v) is 80.9. The van der Waals surface area contributed by atoms with Gasteiger partial charge >= 0.3 is 29.8 Å². The van der Waals surface area contributed by atoms with Crippen LogP contribution in [0, 0.1) is 39.9 Å². The first-order chi connectivity index (χ1) is 64.1. The molecule has 9 rings (SSSR count). The van der Waals surface area contributed by atoms with Gasteiger partial charge in [0.05, 0.1) is 140 Å². The third kappa shape index (κ3) is 36.9. The highest BCUT2D eigenvalue weighted by Gasteiger charge is 2.52. The van der Waals surface area contributed by atoms with E-state index in [-0.39, 0.29) is 131 Å². The van der Waals surface area contributed by atoms with Crippen LogP contribution in [-0.2, 0) is 76.1 Å². The Hall–Kier alpha value is -8.23. The molecule has 6 fully saturated rings. The molecule has 0 spiro atoms. The first kappa shape index (κ1) is 113. The Balaban J connectivity index is 0.000000277. The number of aliphatic hydroxyl groups excluding tert-OH is 10. The maximum atomic E-state index is 13.0. The molecule has 744 valence electrons. The second-order valence-electron chi connectivity index (χ2n) is 37.9. The van der Waals surface area contributed by atoms with E-state index >= 15 is 0 Å². The number of rotatable bonds is 23. The summed E-state index contributed by atoms with van der Waals surface area (Å²) in [6.07, 6.45) is 60.2. The summed E-state index contributed by atoms with van der Waals surface area (Å²) in [5.41, 5.74) is 0.939. The third-order valence-electron chi connectivity index (χ3n) is 26.4. The van der Waals surface area contributed by atoms with Crippen LogP contribution in [0.2, 0.25) is 0 Å². The summed E-state index contributed by atoms with van der Waals surface area (Å²) in [5, 5.41) is 103. The van der Waals surface area contributed by atoms with Crippen LogP contribution in [0.5, 0.6) is 0 Å². The molecular formula is C108H156O26. The number of fused-ring (bicyclic) bond motifs is 12. The zero-order valence-electron chi connectivity index (χ0n) is 80.9. The van der Waals surface area contributed by atoms with Gasteiger partial charge in [-0.2, -0.15) is 0 Å². The highest BCUT2D eigenvalue weighted by atomic mass is 16.6. The average molecular weight is 1870 g/mol. The molecule has 0 saturated carbocycles. The van der Waals surface area contributed by atoms with Gasteiger partial charge in [0.1, 0.15) is 24.9 Å². The second-order valence-corrected chi connectivity index (χ2v) is 37.9. The molecule has 3 unspecified atom stereocenters. The van der Waals surface area contributed by atoms with Gasteiger partial charge < -0.3 is 103 Å². The molecule has 0 radical (unpaired) electrons. The van der Waals surface area contributed by atoms with E-state index < -0.39 is 119 Å². The van der Waals surface area contributed by atoms with E-state index in [0.717, 1.165) is 16.7 Å². The van der Waals surface area contributed by atoms with Crippen LogP contribution >= 0.6 is 0 Å². The third-order valence-corrected chi connectivity index (χ3v) is 26.4. The number of carbonyl (C=O) groups is 5. The summed E-state index contributed by atoms with van der Waals surface area (Å²) in [5.74, 6) is -2.81. The van der Waals surface area contributed by atoms with E-state index in [1.165, 1.54) is 18.2 Å². The maximum absolute atomic E-state index is 13.0. The quantitative estimate of drug-likeness (QED) is 0.0258. The van der Waals surface area contributed by atoms with E-state index in [1.807, 2.05) is 167 Å². The number of esters is 5. The molecule has 9 heterocycles. The van der Waals surface area contributed by atoms with Crippen LogP contribution < -0.4 is 0 Å². The van der Waals surface area contributed by atoms with Crippen molar-refractivity contribution in [3.63, 3.8) is 0 Å². The van der Waals surface area contributed by atoms with Crippen molar-refractivity contribution in [2.24, 2.45) is 39.9 Å². The van der Waals surface area contributed by atoms with Crippen molar-refractivity contribution >= 4 is 29.8 Å². The van der Waals surface area contributed by atoms with Crippen molar-refractivity contribution in [3.8, 4) is 0 Å². The van der Waals surface area contributed by atoms with Gasteiger partial charge in [0, 0.05) is 94.0 Å². The molecule has 26 heteroatoms. The molecule has 0 amide bonds. The number of hydrogen-bond acceptors (Lipinski definition) is 26. The molecule has 0 aromatic heterocycles. The fourth-order valence-electron chi connectivity index (χ4n) is 17.4. The lowest BCUT2D eigenvalue weighted by molar-refractivity contribution is -0.199. The first-order valence-corrected chi connectivity index (χ1v) is 48.1. The van der Waals surface area contributed by atoms with Gasteiger partial charge in [-0.15, -0.1) is 0 Å². The summed E-state index contributed by atoms with van der Waals surface area (Å²) in [4.78, 5) is 62.7. The smallest absolute Gasteiger partial charge is 0.335 e. The monoisotopic (exact) mass is 1870 g/mol. The second kappa shape index (κ2) is 58.5. The van der Waals surface area contributed by atoms with Crippen LogP contribution in [0.15, 0.2) is 229 Å². The number of ether oxygens (including phenoxy) is 11. The Kier molecular flexibility index (Phi) is 49.2. The van der Waals surface area contributed by atoms with Gasteiger partial charge in [-0.1, -0.05) is 261 Å². The molecule has 27 atom stereocenters. The summed E-state index contributed by atoms with van der Waals surface area (Å²) in [7, 11) is 0. The molecule has 6 saturated heterocycles. The fraction of sp³-hybridized carbons (Fsp3) is 0.602. The minimum absolute atomic E-state index is 0.00418. The molecule has 12 bridgehead atoms. The molecule has 0 aromatic carbocycles. The van der Waals surface area contributed by atoms with Crippen LogP contribution in [0.25, 0.3) is 0 Å². The van der Waals surface area contributed by atoms with Gasteiger partial charge in [0.15, 0.2) is 12.2 Å². The molecule has 26 nitrogen and oxygen atoms in total. The summed E-state index contributed by atoms with van der Waals surface area (Å²) >= 11 is 0. The highest BCUT2D eigenvalue weighted by molar-refractivity contribution is 5.83.